The standard InChI is InChI=1S/C35H28Cl2FN5O9/c1-16-12-17(4-11-26(16)44)28-21-9-10-22-27(23(21)15-34(36)32(47)41(33(48)35(28,34)37)19-7-5-18(38)6-8-19)31(46)40(30(22)45)20-13-24(42(49)50)29(39(2)3)25(14-20)43(51)52/h4-9,11-14,22-23,27-28,44H,10,15H2,1-3H3/t22-,23+,27-,28-,34+,35-/m0/s1. The largest absolute Gasteiger partial charge is 0.508 e. The lowest BCUT2D eigenvalue weighted by molar-refractivity contribution is -0.392. The molecule has 2 saturated heterocycles. The van der Waals surface area contributed by atoms with Crippen LogP contribution < -0.4 is 14.7 Å². The fourth-order valence-corrected chi connectivity index (χ4v) is 9.28. The number of benzene rings is 3. The van der Waals surface area contributed by atoms with Crippen LogP contribution in [0.2, 0.25) is 0 Å². The molecule has 3 fully saturated rings. The number of nitro benzene ring substituents is 2. The van der Waals surface area contributed by atoms with Gasteiger partial charge in [-0.3, -0.25) is 39.4 Å². The number of aromatic hydroxyl groups is 1. The van der Waals surface area contributed by atoms with Crippen molar-refractivity contribution in [2.75, 3.05) is 28.8 Å². The molecular weight excluding hydrogens is 724 g/mol. The number of alkyl halides is 2. The molecule has 4 amide bonds. The maximum Gasteiger partial charge on any atom is 0.301 e. The van der Waals surface area contributed by atoms with Gasteiger partial charge in [0.2, 0.25) is 11.8 Å². The topological polar surface area (TPSA) is 185 Å². The molecule has 1 saturated carbocycles. The zero-order valence-corrected chi connectivity index (χ0v) is 29.1. The van der Waals surface area contributed by atoms with Crippen molar-refractivity contribution >= 4 is 75.3 Å². The Balaban J connectivity index is 1.39. The summed E-state index contributed by atoms with van der Waals surface area (Å²) in [6.07, 6.45) is 1.23. The second kappa shape index (κ2) is 11.8. The van der Waals surface area contributed by atoms with E-state index in [-0.39, 0.29) is 29.2 Å². The van der Waals surface area contributed by atoms with E-state index in [4.69, 9.17) is 23.2 Å². The summed E-state index contributed by atoms with van der Waals surface area (Å²) in [5.74, 6) is -8.54. The van der Waals surface area contributed by atoms with E-state index in [0.29, 0.717) is 21.6 Å². The van der Waals surface area contributed by atoms with Crippen LogP contribution in [-0.2, 0) is 19.2 Å². The molecule has 52 heavy (non-hydrogen) atoms. The Morgan fingerprint density at radius 1 is 0.865 bits per heavy atom. The normalized spacial score (nSPS) is 28.0. The SMILES string of the molecule is Cc1cc([C@H]2C3=CC[C@@H]4C(=O)N(c5cc([N+](=O)[O-])c(N(C)C)c([N+](=O)[O-])c5)C(=O)[C@@H]4[C@@H]3C[C@@]3(Cl)C(=O)N(c4ccc(F)cc4)C(=O)[C@@]23Cl)ccc1O. The van der Waals surface area contributed by atoms with E-state index < -0.39 is 90.5 Å². The molecule has 6 atom stereocenters. The molecule has 0 unspecified atom stereocenters. The van der Waals surface area contributed by atoms with Crippen molar-refractivity contribution in [1.82, 2.24) is 0 Å². The number of nitrogens with zero attached hydrogens (tertiary/aromatic N) is 5. The van der Waals surface area contributed by atoms with Gasteiger partial charge < -0.3 is 10.0 Å². The van der Waals surface area contributed by atoms with Crippen LogP contribution in [0.3, 0.4) is 0 Å². The Kier molecular flexibility index (Phi) is 7.96. The van der Waals surface area contributed by atoms with Gasteiger partial charge >= 0.3 is 11.4 Å². The van der Waals surface area contributed by atoms with E-state index in [1.165, 1.54) is 43.3 Å². The van der Waals surface area contributed by atoms with E-state index >= 15 is 0 Å². The maximum absolute atomic E-state index is 14.5. The Morgan fingerprint density at radius 2 is 1.48 bits per heavy atom. The monoisotopic (exact) mass is 751 g/mol. The van der Waals surface area contributed by atoms with Crippen molar-refractivity contribution in [3.63, 3.8) is 0 Å². The van der Waals surface area contributed by atoms with Gasteiger partial charge in [-0.15, -0.1) is 23.2 Å². The summed E-state index contributed by atoms with van der Waals surface area (Å²) < 4.78 is 13.9. The van der Waals surface area contributed by atoms with Crippen molar-refractivity contribution in [3.05, 3.63) is 103 Å². The average molecular weight is 753 g/mol. The molecule has 2 heterocycles. The number of nitro groups is 2. The molecule has 3 aromatic carbocycles. The molecular formula is C35H28Cl2FN5O9. The number of imide groups is 2. The number of carbonyl (C=O) groups excluding carboxylic acids is 4. The van der Waals surface area contributed by atoms with Crippen molar-refractivity contribution in [3.8, 4) is 5.75 Å². The zero-order valence-electron chi connectivity index (χ0n) is 27.6. The number of phenolic OH excluding ortho intramolecular Hbond substituents is 1. The zero-order chi connectivity index (χ0) is 37.8. The molecule has 0 spiro atoms. The summed E-state index contributed by atoms with van der Waals surface area (Å²) >= 11 is 14.7. The van der Waals surface area contributed by atoms with Gasteiger partial charge in [0.05, 0.1) is 33.1 Å². The smallest absolute Gasteiger partial charge is 0.301 e. The highest BCUT2D eigenvalue weighted by Gasteiger charge is 2.76. The highest BCUT2D eigenvalue weighted by atomic mass is 35.5. The summed E-state index contributed by atoms with van der Waals surface area (Å²) in [6, 6.07) is 10.9. The summed E-state index contributed by atoms with van der Waals surface area (Å²) in [4.78, 5) is 78.2. The fourth-order valence-electron chi connectivity index (χ4n) is 8.34. The molecule has 1 N–H and O–H groups in total. The number of hydrogen-bond donors (Lipinski definition) is 1. The Morgan fingerprint density at radius 3 is 2.04 bits per heavy atom. The minimum absolute atomic E-state index is 0.00368. The van der Waals surface area contributed by atoms with Crippen LogP contribution in [0.1, 0.15) is 29.9 Å². The molecule has 17 heteroatoms. The van der Waals surface area contributed by atoms with E-state index in [0.717, 1.165) is 29.2 Å². The highest BCUT2D eigenvalue weighted by Crippen LogP contribution is 2.66. The van der Waals surface area contributed by atoms with Crippen LogP contribution in [0.15, 0.2) is 66.2 Å². The first kappa shape index (κ1) is 35.0. The lowest BCUT2D eigenvalue weighted by Gasteiger charge is -2.50. The number of anilines is 3. The predicted octanol–water partition coefficient (Wildman–Crippen LogP) is 5.49. The Bertz CT molecular complexity index is 2160. The fraction of sp³-hybridized carbons (Fsp3) is 0.314. The summed E-state index contributed by atoms with van der Waals surface area (Å²) in [5.41, 5.74) is -0.894. The molecule has 2 aliphatic carbocycles. The van der Waals surface area contributed by atoms with Gasteiger partial charge in [0.15, 0.2) is 15.4 Å². The van der Waals surface area contributed by atoms with E-state index in [9.17, 15) is 48.9 Å². The number of amides is 4. The van der Waals surface area contributed by atoms with Crippen LogP contribution in [0.5, 0.6) is 5.75 Å². The van der Waals surface area contributed by atoms with E-state index in [2.05, 4.69) is 0 Å². The summed E-state index contributed by atoms with van der Waals surface area (Å²) in [5, 5.41) is 34.5. The van der Waals surface area contributed by atoms with Crippen molar-refractivity contribution in [2.24, 2.45) is 17.8 Å². The number of halogens is 3. The molecule has 7 rings (SSSR count). The van der Waals surface area contributed by atoms with Gasteiger partial charge in [-0.25, -0.2) is 14.2 Å². The van der Waals surface area contributed by atoms with Crippen molar-refractivity contribution < 1.29 is 38.5 Å². The second-order valence-corrected chi connectivity index (χ2v) is 14.8. The van der Waals surface area contributed by atoms with Crippen LogP contribution in [0, 0.1) is 50.7 Å². The van der Waals surface area contributed by atoms with Crippen LogP contribution in [-0.4, -0.2) is 62.4 Å². The predicted molar refractivity (Wildman–Crippen MR) is 186 cm³/mol. The lowest BCUT2D eigenvalue weighted by atomic mass is 9.56. The van der Waals surface area contributed by atoms with Crippen molar-refractivity contribution in [2.45, 2.75) is 35.4 Å². The van der Waals surface area contributed by atoms with Crippen LogP contribution >= 0.6 is 23.2 Å². The number of phenols is 1. The van der Waals surface area contributed by atoms with Crippen LogP contribution in [0.4, 0.5) is 32.8 Å². The molecule has 3 aromatic rings. The number of allylic oxidation sites excluding steroid dienone is 2. The third-order valence-corrected chi connectivity index (χ3v) is 12.0. The quantitative estimate of drug-likeness (QED) is 0.111. The summed E-state index contributed by atoms with van der Waals surface area (Å²) in [7, 11) is 2.76. The minimum Gasteiger partial charge on any atom is -0.508 e. The van der Waals surface area contributed by atoms with Crippen LogP contribution in [0.25, 0.3) is 0 Å². The molecule has 14 nitrogen and oxygen atoms in total. The molecule has 0 aromatic heterocycles. The summed E-state index contributed by atoms with van der Waals surface area (Å²) in [6.45, 7) is 1.61. The number of carbonyl (C=O) groups is 4. The first-order valence-corrected chi connectivity index (χ1v) is 16.7. The number of hydrogen-bond acceptors (Lipinski definition) is 10. The first-order valence-electron chi connectivity index (χ1n) is 16.0. The highest BCUT2D eigenvalue weighted by molar-refractivity contribution is 6.58. The second-order valence-electron chi connectivity index (χ2n) is 13.5. The minimum atomic E-state index is -2.22. The van der Waals surface area contributed by atoms with Gasteiger partial charge in [-0.05, 0) is 67.1 Å². The van der Waals surface area contributed by atoms with Crippen molar-refractivity contribution in [1.29, 1.82) is 0 Å². The molecule has 2 aliphatic heterocycles. The average Bonchev–Trinajstić information content (AvgIpc) is 3.43. The van der Waals surface area contributed by atoms with Gasteiger partial charge in [0.25, 0.3) is 11.8 Å². The Hall–Kier alpha value is -5.41. The maximum atomic E-state index is 14.5. The Labute approximate surface area is 304 Å². The van der Waals surface area contributed by atoms with Gasteiger partial charge in [0, 0.05) is 32.1 Å². The molecule has 0 radical (unpaired) electrons. The number of rotatable bonds is 6. The van der Waals surface area contributed by atoms with Gasteiger partial charge in [-0.1, -0.05) is 23.8 Å². The lowest BCUT2D eigenvalue weighted by Crippen LogP contribution is -2.60. The molecule has 0 bridgehead atoms. The number of aryl methyl sites for hydroxylation is 1. The molecule has 268 valence electrons. The third kappa shape index (κ3) is 4.68. The van der Waals surface area contributed by atoms with Gasteiger partial charge in [-0.2, -0.15) is 0 Å². The third-order valence-electron chi connectivity index (χ3n) is 10.6. The van der Waals surface area contributed by atoms with Gasteiger partial charge in [0.1, 0.15) is 11.6 Å². The van der Waals surface area contributed by atoms with E-state index in [1.807, 2.05) is 0 Å². The van der Waals surface area contributed by atoms with E-state index in [1.54, 1.807) is 19.1 Å². The first-order chi connectivity index (χ1) is 24.4. The number of fused-ring (bicyclic) bond motifs is 4. The molecule has 4 aliphatic rings.